The molecule has 120 valence electrons. The highest BCUT2D eigenvalue weighted by molar-refractivity contribution is 7.71. The summed E-state index contributed by atoms with van der Waals surface area (Å²) in [5.41, 5.74) is 2.95. The first-order valence-electron chi connectivity index (χ1n) is 7.31. The van der Waals surface area contributed by atoms with Gasteiger partial charge in [0.15, 0.2) is 4.77 Å². The van der Waals surface area contributed by atoms with Gasteiger partial charge in [0, 0.05) is 12.3 Å². The lowest BCUT2D eigenvalue weighted by Gasteiger charge is -2.07. The standard InChI is InChI=1S/C12H11N3O2S.2C2H6/c16-10(8-9-4-2-1-3-5-9)14-15-11(17)6-7-13-12(15)18;2*1-2/h1-7H,8H2,(H,13,18)(H,14,16);2*1-2H3. The Morgan fingerprint density at radius 2 is 1.73 bits per heavy atom. The van der Waals surface area contributed by atoms with Crippen molar-refractivity contribution in [2.24, 2.45) is 0 Å². The fourth-order valence-electron chi connectivity index (χ4n) is 1.47. The van der Waals surface area contributed by atoms with E-state index < -0.39 is 0 Å². The van der Waals surface area contributed by atoms with Crippen LogP contribution in [0.3, 0.4) is 0 Å². The van der Waals surface area contributed by atoms with E-state index in [0.717, 1.165) is 10.2 Å². The van der Waals surface area contributed by atoms with Gasteiger partial charge in [-0.25, -0.2) is 0 Å². The summed E-state index contributed by atoms with van der Waals surface area (Å²) in [6, 6.07) is 10.5. The Labute approximate surface area is 136 Å². The molecule has 0 aliphatic heterocycles. The molecule has 6 heteroatoms. The smallest absolute Gasteiger partial charge is 0.273 e. The molecule has 2 rings (SSSR count). The maximum atomic E-state index is 11.8. The molecule has 0 spiro atoms. The van der Waals surface area contributed by atoms with Crippen LogP contribution in [0.4, 0.5) is 0 Å². The zero-order valence-electron chi connectivity index (χ0n) is 13.4. The summed E-state index contributed by atoms with van der Waals surface area (Å²) < 4.78 is 1.17. The van der Waals surface area contributed by atoms with E-state index in [1.54, 1.807) is 0 Å². The second-order valence-electron chi connectivity index (χ2n) is 3.65. The number of benzene rings is 1. The molecule has 1 aromatic carbocycles. The fourth-order valence-corrected chi connectivity index (χ4v) is 1.68. The monoisotopic (exact) mass is 321 g/mol. The van der Waals surface area contributed by atoms with Crippen LogP contribution in [0.5, 0.6) is 0 Å². The molecule has 2 N–H and O–H groups in total. The predicted molar refractivity (Wildman–Crippen MR) is 93.1 cm³/mol. The minimum atomic E-state index is -0.375. The topological polar surface area (TPSA) is 66.9 Å². The summed E-state index contributed by atoms with van der Waals surface area (Å²) in [6.07, 6.45) is 1.63. The molecule has 1 aromatic heterocycles. The number of hydrogen-bond acceptors (Lipinski definition) is 3. The van der Waals surface area contributed by atoms with Gasteiger partial charge in [-0.15, -0.1) is 0 Å². The van der Waals surface area contributed by atoms with Crippen molar-refractivity contribution in [1.29, 1.82) is 0 Å². The number of hydrogen-bond donors (Lipinski definition) is 2. The van der Waals surface area contributed by atoms with E-state index in [-0.39, 0.29) is 22.7 Å². The van der Waals surface area contributed by atoms with Gasteiger partial charge in [0.05, 0.1) is 6.42 Å². The fraction of sp³-hybridized carbons (Fsp3) is 0.312. The molecule has 0 aliphatic carbocycles. The van der Waals surface area contributed by atoms with Crippen LogP contribution < -0.4 is 11.0 Å². The van der Waals surface area contributed by atoms with Gasteiger partial charge in [-0.1, -0.05) is 58.0 Å². The number of carbonyl (C=O) groups excluding carboxylic acids is 1. The summed E-state index contributed by atoms with van der Waals surface area (Å²) in [5, 5.41) is 0. The second-order valence-corrected chi connectivity index (χ2v) is 4.04. The van der Waals surface area contributed by atoms with Gasteiger partial charge in [-0.05, 0) is 17.8 Å². The van der Waals surface area contributed by atoms with Gasteiger partial charge >= 0.3 is 0 Å². The molecule has 0 saturated carbocycles. The summed E-state index contributed by atoms with van der Waals surface area (Å²) in [5.74, 6) is -0.297. The molecule has 0 saturated heterocycles. The Balaban J connectivity index is 0.00000102. The van der Waals surface area contributed by atoms with E-state index in [0.29, 0.717) is 0 Å². The molecule has 0 radical (unpaired) electrons. The van der Waals surface area contributed by atoms with Crippen LogP contribution >= 0.6 is 12.2 Å². The van der Waals surface area contributed by atoms with Crippen LogP contribution in [0.2, 0.25) is 0 Å². The number of amides is 1. The molecule has 5 nitrogen and oxygen atoms in total. The minimum Gasteiger partial charge on any atom is -0.337 e. The minimum absolute atomic E-state index is 0.156. The Morgan fingerprint density at radius 3 is 2.27 bits per heavy atom. The number of H-pyrrole nitrogens is 1. The van der Waals surface area contributed by atoms with Crippen LogP contribution in [0.15, 0.2) is 47.4 Å². The van der Waals surface area contributed by atoms with Crippen molar-refractivity contribution in [2.45, 2.75) is 34.1 Å². The Kier molecular flexibility index (Phi) is 10.3. The molecule has 22 heavy (non-hydrogen) atoms. The van der Waals surface area contributed by atoms with Gasteiger partial charge in [-0.3, -0.25) is 15.0 Å². The van der Waals surface area contributed by atoms with Crippen molar-refractivity contribution in [2.75, 3.05) is 5.43 Å². The summed E-state index contributed by atoms with van der Waals surface area (Å²) in [4.78, 5) is 25.9. The quantitative estimate of drug-likeness (QED) is 0.853. The van der Waals surface area contributed by atoms with E-state index in [4.69, 9.17) is 12.2 Å². The van der Waals surface area contributed by atoms with Crippen molar-refractivity contribution in [3.8, 4) is 0 Å². The van der Waals surface area contributed by atoms with Crippen molar-refractivity contribution < 1.29 is 4.79 Å². The Hall–Kier alpha value is -2.21. The number of carbonyl (C=O) groups is 1. The number of rotatable bonds is 3. The van der Waals surface area contributed by atoms with Crippen LogP contribution in [0.25, 0.3) is 0 Å². The van der Waals surface area contributed by atoms with Crippen molar-refractivity contribution in [3.05, 3.63) is 63.3 Å². The highest BCUT2D eigenvalue weighted by Gasteiger charge is 2.05. The first-order chi connectivity index (χ1) is 10.7. The number of nitrogens with zero attached hydrogens (tertiary/aromatic N) is 1. The van der Waals surface area contributed by atoms with Crippen molar-refractivity contribution in [1.82, 2.24) is 9.66 Å². The Morgan fingerprint density at radius 1 is 1.14 bits per heavy atom. The lowest BCUT2D eigenvalue weighted by atomic mass is 10.1. The first kappa shape index (κ1) is 19.8. The molecule has 0 aliphatic rings. The van der Waals surface area contributed by atoms with Gasteiger partial charge in [0.25, 0.3) is 5.56 Å². The molecule has 1 amide bonds. The van der Waals surface area contributed by atoms with E-state index in [9.17, 15) is 9.59 Å². The summed E-state index contributed by atoms with van der Waals surface area (Å²) in [7, 11) is 0. The highest BCUT2D eigenvalue weighted by Crippen LogP contribution is 1.99. The van der Waals surface area contributed by atoms with E-state index in [1.807, 2.05) is 58.0 Å². The molecule has 0 bridgehead atoms. The largest absolute Gasteiger partial charge is 0.337 e. The zero-order valence-corrected chi connectivity index (χ0v) is 14.2. The average Bonchev–Trinajstić information content (AvgIpc) is 2.56. The van der Waals surface area contributed by atoms with Gasteiger partial charge < -0.3 is 4.98 Å². The van der Waals surface area contributed by atoms with Crippen LogP contribution in [-0.2, 0) is 11.2 Å². The van der Waals surface area contributed by atoms with Gasteiger partial charge in [0.2, 0.25) is 5.91 Å². The van der Waals surface area contributed by atoms with E-state index in [1.165, 1.54) is 12.3 Å². The normalized spacial score (nSPS) is 8.73. The number of aromatic amines is 1. The summed E-state index contributed by atoms with van der Waals surface area (Å²) in [6.45, 7) is 8.00. The van der Waals surface area contributed by atoms with Crippen LogP contribution in [0.1, 0.15) is 33.3 Å². The maximum absolute atomic E-state index is 11.8. The molecule has 0 fully saturated rings. The molecule has 0 atom stereocenters. The van der Waals surface area contributed by atoms with E-state index in [2.05, 4.69) is 10.4 Å². The third kappa shape index (κ3) is 6.49. The Bertz CT molecular complexity index is 635. The third-order valence-electron chi connectivity index (χ3n) is 2.30. The summed E-state index contributed by atoms with van der Waals surface area (Å²) >= 11 is 4.92. The van der Waals surface area contributed by atoms with Crippen LogP contribution in [0, 0.1) is 4.77 Å². The lowest BCUT2D eigenvalue weighted by molar-refractivity contribution is -0.116. The zero-order chi connectivity index (χ0) is 17.0. The van der Waals surface area contributed by atoms with Crippen molar-refractivity contribution >= 4 is 18.1 Å². The molecule has 2 aromatic rings. The SMILES string of the molecule is CC.CC.O=C(Cc1ccccc1)Nn1c(=O)cc[nH]c1=S. The number of aromatic nitrogens is 2. The van der Waals surface area contributed by atoms with Gasteiger partial charge in [-0.2, -0.15) is 4.68 Å². The van der Waals surface area contributed by atoms with Crippen molar-refractivity contribution in [3.63, 3.8) is 0 Å². The third-order valence-corrected chi connectivity index (χ3v) is 2.60. The first-order valence-corrected chi connectivity index (χ1v) is 7.72. The molecular weight excluding hydrogens is 298 g/mol. The van der Waals surface area contributed by atoms with E-state index >= 15 is 0 Å². The lowest BCUT2D eigenvalue weighted by Crippen LogP contribution is -2.34. The molecule has 1 heterocycles. The molecule has 0 unspecified atom stereocenters. The average molecular weight is 321 g/mol. The van der Waals surface area contributed by atoms with Gasteiger partial charge in [0.1, 0.15) is 0 Å². The second kappa shape index (κ2) is 11.4. The predicted octanol–water partition coefficient (Wildman–Crippen LogP) is 3.27. The number of nitrogens with one attached hydrogen (secondary N) is 2. The van der Waals surface area contributed by atoms with Crippen LogP contribution in [-0.4, -0.2) is 15.6 Å². The highest BCUT2D eigenvalue weighted by atomic mass is 32.1. The maximum Gasteiger partial charge on any atom is 0.273 e. The molecular formula is C16H23N3O2S.